The third kappa shape index (κ3) is 3.96. The number of nitrogens with zero attached hydrogens (tertiary/aromatic N) is 2. The number of ether oxygens (including phenoxy) is 1. The maximum absolute atomic E-state index is 9.25. The predicted molar refractivity (Wildman–Crippen MR) is 75.4 cm³/mol. The van der Waals surface area contributed by atoms with Gasteiger partial charge in [-0.2, -0.15) is 0 Å². The lowest BCUT2D eigenvalue weighted by Crippen LogP contribution is -2.19. The van der Waals surface area contributed by atoms with E-state index in [2.05, 4.69) is 9.88 Å². The van der Waals surface area contributed by atoms with Crippen LogP contribution in [0.1, 0.15) is 0 Å². The average molecular weight is 258 g/mol. The Morgan fingerprint density at radius 1 is 1.11 bits per heavy atom. The normalized spacial score (nSPS) is 10.7. The lowest BCUT2D eigenvalue weighted by Gasteiger charge is -2.11. The summed E-state index contributed by atoms with van der Waals surface area (Å²) in [6, 6.07) is 10.8. The molecule has 0 aliphatic rings. The Balaban J connectivity index is 2.00. The van der Waals surface area contributed by atoms with Crippen LogP contribution in [0, 0.1) is 0 Å². The van der Waals surface area contributed by atoms with E-state index in [0.717, 1.165) is 23.6 Å². The van der Waals surface area contributed by atoms with E-state index in [9.17, 15) is 5.11 Å². The highest BCUT2D eigenvalue weighted by atomic mass is 16.5. The Kier molecular flexibility index (Phi) is 4.36. The summed E-state index contributed by atoms with van der Waals surface area (Å²) in [7, 11) is 4.02. The van der Waals surface area contributed by atoms with Crippen molar-refractivity contribution in [2.24, 2.45) is 0 Å². The Labute approximate surface area is 113 Å². The first-order chi connectivity index (χ1) is 9.15. The van der Waals surface area contributed by atoms with Gasteiger partial charge in [0, 0.05) is 12.1 Å². The van der Waals surface area contributed by atoms with Crippen molar-refractivity contribution >= 4 is 0 Å². The molecular formula is C15H18N2O2. The summed E-state index contributed by atoms with van der Waals surface area (Å²) >= 11 is 0. The maximum Gasteiger partial charge on any atom is 0.137 e. The van der Waals surface area contributed by atoms with Gasteiger partial charge in [0.2, 0.25) is 0 Å². The molecule has 2 rings (SSSR count). The Morgan fingerprint density at radius 3 is 2.42 bits per heavy atom. The standard InChI is InChI=1S/C15H18N2O2/c1-17(2)9-10-19-14-7-8-15(16-11-14)12-3-5-13(18)6-4-12/h3-8,11,18H,9-10H2,1-2H3. The second kappa shape index (κ2) is 6.20. The monoisotopic (exact) mass is 258 g/mol. The fourth-order valence-corrected chi connectivity index (χ4v) is 1.61. The number of aromatic hydroxyl groups is 1. The van der Waals surface area contributed by atoms with Gasteiger partial charge in [-0.1, -0.05) is 0 Å². The number of likely N-dealkylation sites (N-methyl/N-ethyl adjacent to an activating group) is 1. The van der Waals surface area contributed by atoms with Gasteiger partial charge in [-0.05, 0) is 50.5 Å². The first-order valence-electron chi connectivity index (χ1n) is 6.18. The Hall–Kier alpha value is -2.07. The van der Waals surface area contributed by atoms with Crippen molar-refractivity contribution in [2.45, 2.75) is 0 Å². The molecule has 0 radical (unpaired) electrons. The fraction of sp³-hybridized carbons (Fsp3) is 0.267. The van der Waals surface area contributed by atoms with Crippen LogP contribution >= 0.6 is 0 Å². The number of hydrogen-bond donors (Lipinski definition) is 1. The Bertz CT molecular complexity index is 507. The molecule has 0 unspecified atom stereocenters. The van der Waals surface area contributed by atoms with Crippen molar-refractivity contribution in [1.29, 1.82) is 0 Å². The molecule has 0 fully saturated rings. The summed E-state index contributed by atoms with van der Waals surface area (Å²) in [6.07, 6.45) is 1.72. The molecule has 4 heteroatoms. The van der Waals surface area contributed by atoms with Gasteiger partial charge in [0.15, 0.2) is 0 Å². The summed E-state index contributed by atoms with van der Waals surface area (Å²) in [4.78, 5) is 6.42. The summed E-state index contributed by atoms with van der Waals surface area (Å²) < 4.78 is 5.58. The van der Waals surface area contributed by atoms with Gasteiger partial charge in [-0.25, -0.2) is 0 Å². The molecule has 2 aromatic rings. The minimum atomic E-state index is 0.257. The lowest BCUT2D eigenvalue weighted by atomic mass is 10.1. The van der Waals surface area contributed by atoms with E-state index in [4.69, 9.17) is 4.74 Å². The molecule has 0 spiro atoms. The van der Waals surface area contributed by atoms with E-state index in [1.807, 2.05) is 38.4 Å². The van der Waals surface area contributed by atoms with Crippen LogP contribution < -0.4 is 4.74 Å². The predicted octanol–water partition coefficient (Wildman–Crippen LogP) is 2.39. The second-order valence-electron chi connectivity index (χ2n) is 4.58. The second-order valence-corrected chi connectivity index (χ2v) is 4.58. The summed E-state index contributed by atoms with van der Waals surface area (Å²) in [5, 5.41) is 9.25. The van der Waals surface area contributed by atoms with Crippen molar-refractivity contribution in [3.8, 4) is 22.8 Å². The largest absolute Gasteiger partial charge is 0.508 e. The fourth-order valence-electron chi connectivity index (χ4n) is 1.61. The van der Waals surface area contributed by atoms with Crippen molar-refractivity contribution in [2.75, 3.05) is 27.2 Å². The van der Waals surface area contributed by atoms with Crippen LogP contribution in [0.5, 0.6) is 11.5 Å². The number of hydrogen-bond acceptors (Lipinski definition) is 4. The topological polar surface area (TPSA) is 45.6 Å². The molecule has 0 amide bonds. The van der Waals surface area contributed by atoms with Crippen molar-refractivity contribution < 1.29 is 9.84 Å². The van der Waals surface area contributed by atoms with Gasteiger partial charge < -0.3 is 14.7 Å². The van der Waals surface area contributed by atoms with Crippen molar-refractivity contribution in [3.05, 3.63) is 42.6 Å². The molecular weight excluding hydrogens is 240 g/mol. The maximum atomic E-state index is 9.25. The first kappa shape index (κ1) is 13.4. The third-order valence-corrected chi connectivity index (χ3v) is 2.71. The highest BCUT2D eigenvalue weighted by molar-refractivity contribution is 5.60. The summed E-state index contributed by atoms with van der Waals surface area (Å²) in [5.41, 5.74) is 1.83. The molecule has 0 bridgehead atoms. The summed E-state index contributed by atoms with van der Waals surface area (Å²) in [5.74, 6) is 1.02. The number of aromatic nitrogens is 1. The number of phenolic OH excluding ortho intramolecular Hbond substituents is 1. The highest BCUT2D eigenvalue weighted by Gasteiger charge is 2.01. The van der Waals surface area contributed by atoms with E-state index in [0.29, 0.717) is 6.61 Å². The molecule has 100 valence electrons. The van der Waals surface area contributed by atoms with Gasteiger partial charge in [-0.3, -0.25) is 4.98 Å². The molecule has 0 atom stereocenters. The average Bonchev–Trinajstić information content (AvgIpc) is 2.40. The van der Waals surface area contributed by atoms with E-state index in [1.54, 1.807) is 18.3 Å². The van der Waals surface area contributed by atoms with E-state index < -0.39 is 0 Å². The molecule has 0 saturated carbocycles. The molecule has 1 aromatic heterocycles. The van der Waals surface area contributed by atoms with Crippen LogP contribution in [-0.2, 0) is 0 Å². The SMILES string of the molecule is CN(C)CCOc1ccc(-c2ccc(O)cc2)nc1. The molecule has 4 nitrogen and oxygen atoms in total. The smallest absolute Gasteiger partial charge is 0.137 e. The van der Waals surface area contributed by atoms with Crippen LogP contribution in [0.25, 0.3) is 11.3 Å². The van der Waals surface area contributed by atoms with Crippen LogP contribution in [0.4, 0.5) is 0 Å². The molecule has 1 N–H and O–H groups in total. The quantitative estimate of drug-likeness (QED) is 0.894. The van der Waals surface area contributed by atoms with E-state index >= 15 is 0 Å². The molecule has 0 saturated heterocycles. The van der Waals surface area contributed by atoms with Crippen molar-refractivity contribution in [3.63, 3.8) is 0 Å². The van der Waals surface area contributed by atoms with E-state index in [1.165, 1.54) is 0 Å². The number of pyridine rings is 1. The number of phenols is 1. The zero-order valence-corrected chi connectivity index (χ0v) is 11.2. The van der Waals surface area contributed by atoms with Gasteiger partial charge >= 0.3 is 0 Å². The van der Waals surface area contributed by atoms with Gasteiger partial charge in [-0.15, -0.1) is 0 Å². The Morgan fingerprint density at radius 2 is 1.84 bits per heavy atom. The van der Waals surface area contributed by atoms with Crippen LogP contribution in [0.15, 0.2) is 42.6 Å². The zero-order chi connectivity index (χ0) is 13.7. The number of benzene rings is 1. The van der Waals surface area contributed by atoms with Gasteiger partial charge in [0.25, 0.3) is 0 Å². The molecule has 0 aliphatic heterocycles. The summed E-state index contributed by atoms with van der Waals surface area (Å²) in [6.45, 7) is 1.52. The zero-order valence-electron chi connectivity index (χ0n) is 11.2. The minimum Gasteiger partial charge on any atom is -0.508 e. The highest BCUT2D eigenvalue weighted by Crippen LogP contribution is 2.21. The third-order valence-electron chi connectivity index (χ3n) is 2.71. The number of rotatable bonds is 5. The first-order valence-corrected chi connectivity index (χ1v) is 6.18. The van der Waals surface area contributed by atoms with Gasteiger partial charge in [0.1, 0.15) is 18.1 Å². The van der Waals surface area contributed by atoms with Crippen LogP contribution in [0.2, 0.25) is 0 Å². The lowest BCUT2D eigenvalue weighted by molar-refractivity contribution is 0.260. The van der Waals surface area contributed by atoms with Gasteiger partial charge in [0.05, 0.1) is 11.9 Å². The minimum absolute atomic E-state index is 0.257. The molecule has 19 heavy (non-hydrogen) atoms. The van der Waals surface area contributed by atoms with E-state index in [-0.39, 0.29) is 5.75 Å². The molecule has 1 aromatic carbocycles. The molecule has 1 heterocycles. The molecule has 0 aliphatic carbocycles. The van der Waals surface area contributed by atoms with Crippen LogP contribution in [0.3, 0.4) is 0 Å². The van der Waals surface area contributed by atoms with Crippen molar-refractivity contribution in [1.82, 2.24) is 9.88 Å². The van der Waals surface area contributed by atoms with Crippen LogP contribution in [-0.4, -0.2) is 42.2 Å².